The molecule has 1 heterocycles. The third kappa shape index (κ3) is 2.66. The van der Waals surface area contributed by atoms with Crippen molar-refractivity contribution in [2.75, 3.05) is 18.9 Å². The van der Waals surface area contributed by atoms with Gasteiger partial charge in [0.15, 0.2) is 0 Å². The second kappa shape index (κ2) is 4.87. The van der Waals surface area contributed by atoms with Crippen LogP contribution in [0, 0.1) is 9.39 Å². The maximum absolute atomic E-state index is 12.9. The minimum absolute atomic E-state index is 0.174. The second-order valence-electron chi connectivity index (χ2n) is 4.49. The van der Waals surface area contributed by atoms with Crippen LogP contribution in [-0.2, 0) is 0 Å². The predicted molar refractivity (Wildman–Crippen MR) is 73.2 cm³/mol. The minimum Gasteiger partial charge on any atom is -0.380 e. The fourth-order valence-electron chi connectivity index (χ4n) is 2.12. The van der Waals surface area contributed by atoms with Crippen molar-refractivity contribution in [1.82, 2.24) is 4.90 Å². The summed E-state index contributed by atoms with van der Waals surface area (Å²) in [4.78, 5) is 2.34. The van der Waals surface area contributed by atoms with Crippen molar-refractivity contribution in [2.24, 2.45) is 0 Å². The molecule has 1 aromatic rings. The first-order chi connectivity index (χ1) is 7.56. The fourth-order valence-corrected chi connectivity index (χ4v) is 2.76. The maximum atomic E-state index is 12.9. The molecule has 16 heavy (non-hydrogen) atoms. The van der Waals surface area contributed by atoms with Crippen molar-refractivity contribution in [3.8, 4) is 0 Å². The van der Waals surface area contributed by atoms with Gasteiger partial charge in [0.2, 0.25) is 0 Å². The molecule has 1 fully saturated rings. The first kappa shape index (κ1) is 12.1. The summed E-state index contributed by atoms with van der Waals surface area (Å²) in [5, 5.41) is 3.48. The number of anilines is 1. The van der Waals surface area contributed by atoms with Crippen LogP contribution in [0.1, 0.15) is 13.3 Å². The van der Waals surface area contributed by atoms with Crippen LogP contribution in [-0.4, -0.2) is 30.6 Å². The normalized spacial score (nSPS) is 26.0. The molecular weight excluding hydrogens is 318 g/mol. The van der Waals surface area contributed by atoms with Gasteiger partial charge in [0.1, 0.15) is 5.82 Å². The van der Waals surface area contributed by atoms with Gasteiger partial charge in [-0.15, -0.1) is 0 Å². The Morgan fingerprint density at radius 2 is 2.25 bits per heavy atom. The smallest absolute Gasteiger partial charge is 0.124 e. The number of likely N-dealkylation sites (N-methyl/N-ethyl adjacent to an activating group) is 1. The highest BCUT2D eigenvalue weighted by Crippen LogP contribution is 2.23. The zero-order chi connectivity index (χ0) is 11.7. The van der Waals surface area contributed by atoms with E-state index >= 15 is 0 Å². The Hall–Kier alpha value is -0.360. The van der Waals surface area contributed by atoms with E-state index in [1.165, 1.54) is 6.07 Å². The summed E-state index contributed by atoms with van der Waals surface area (Å²) < 4.78 is 13.9. The lowest BCUT2D eigenvalue weighted by atomic mass is 10.2. The summed E-state index contributed by atoms with van der Waals surface area (Å²) in [6, 6.07) is 5.98. The molecule has 0 aliphatic carbocycles. The summed E-state index contributed by atoms with van der Waals surface area (Å²) >= 11 is 2.17. The van der Waals surface area contributed by atoms with Gasteiger partial charge in [0, 0.05) is 27.9 Å². The first-order valence-corrected chi connectivity index (χ1v) is 6.56. The summed E-state index contributed by atoms with van der Waals surface area (Å²) in [6.07, 6.45) is 1.14. The molecule has 0 amide bonds. The van der Waals surface area contributed by atoms with Crippen molar-refractivity contribution in [3.63, 3.8) is 0 Å². The molecule has 0 radical (unpaired) electrons. The molecule has 0 saturated carbocycles. The van der Waals surface area contributed by atoms with E-state index in [0.29, 0.717) is 12.1 Å². The van der Waals surface area contributed by atoms with Crippen molar-refractivity contribution < 1.29 is 4.39 Å². The number of nitrogens with one attached hydrogen (secondary N) is 1. The van der Waals surface area contributed by atoms with Crippen LogP contribution in [0.5, 0.6) is 0 Å². The number of likely N-dealkylation sites (tertiary alicyclic amines) is 1. The van der Waals surface area contributed by atoms with E-state index in [-0.39, 0.29) is 5.82 Å². The molecule has 0 spiro atoms. The van der Waals surface area contributed by atoms with Crippen LogP contribution in [0.25, 0.3) is 0 Å². The average Bonchev–Trinajstić information content (AvgIpc) is 2.51. The average molecular weight is 334 g/mol. The highest BCUT2D eigenvalue weighted by atomic mass is 127. The van der Waals surface area contributed by atoms with Gasteiger partial charge in [-0.2, -0.15) is 0 Å². The lowest BCUT2D eigenvalue weighted by Gasteiger charge is -2.15. The molecule has 2 nitrogen and oxygen atoms in total. The Labute approximate surface area is 109 Å². The van der Waals surface area contributed by atoms with E-state index in [1.807, 2.05) is 6.07 Å². The molecule has 0 aromatic heterocycles. The van der Waals surface area contributed by atoms with E-state index in [4.69, 9.17) is 0 Å². The summed E-state index contributed by atoms with van der Waals surface area (Å²) in [7, 11) is 2.14. The Morgan fingerprint density at radius 1 is 1.50 bits per heavy atom. The molecule has 1 N–H and O–H groups in total. The fraction of sp³-hybridized carbons (Fsp3) is 0.500. The predicted octanol–water partition coefficient (Wildman–Crippen LogP) is 2.93. The van der Waals surface area contributed by atoms with Gasteiger partial charge in [-0.05, 0) is 61.2 Å². The van der Waals surface area contributed by atoms with Gasteiger partial charge in [0.05, 0.1) is 0 Å². The van der Waals surface area contributed by atoms with Crippen LogP contribution in [0.4, 0.5) is 10.1 Å². The van der Waals surface area contributed by atoms with Crippen molar-refractivity contribution >= 4 is 28.3 Å². The molecule has 2 unspecified atom stereocenters. The van der Waals surface area contributed by atoms with E-state index in [2.05, 4.69) is 46.8 Å². The maximum Gasteiger partial charge on any atom is 0.124 e. The van der Waals surface area contributed by atoms with Gasteiger partial charge < -0.3 is 10.2 Å². The largest absolute Gasteiger partial charge is 0.380 e. The summed E-state index contributed by atoms with van der Waals surface area (Å²) in [5.74, 6) is -0.174. The molecule has 0 bridgehead atoms. The Morgan fingerprint density at radius 3 is 2.81 bits per heavy atom. The zero-order valence-corrected chi connectivity index (χ0v) is 11.7. The number of rotatable bonds is 2. The van der Waals surface area contributed by atoms with Crippen LogP contribution in [0.3, 0.4) is 0 Å². The zero-order valence-electron chi connectivity index (χ0n) is 9.50. The lowest BCUT2D eigenvalue weighted by molar-refractivity contribution is 0.330. The number of benzene rings is 1. The number of hydrogen-bond donors (Lipinski definition) is 1. The highest BCUT2D eigenvalue weighted by molar-refractivity contribution is 14.1. The Balaban J connectivity index is 2.05. The van der Waals surface area contributed by atoms with E-state index in [1.54, 1.807) is 6.07 Å². The standard InChI is InChI=1S/C12H16FIN2/c1-8-5-10(7-16(8)2)15-12-4-3-9(13)6-11(12)14/h3-4,6,8,10,15H,5,7H2,1-2H3. The van der Waals surface area contributed by atoms with Gasteiger partial charge in [-0.1, -0.05) is 0 Å². The molecule has 88 valence electrons. The topological polar surface area (TPSA) is 15.3 Å². The SMILES string of the molecule is CC1CC(Nc2ccc(F)cc2I)CN1C. The molecule has 1 aliphatic heterocycles. The van der Waals surface area contributed by atoms with Crippen LogP contribution in [0.15, 0.2) is 18.2 Å². The number of halogens is 2. The number of nitrogens with zero attached hydrogens (tertiary/aromatic N) is 1. The monoisotopic (exact) mass is 334 g/mol. The molecule has 1 saturated heterocycles. The minimum atomic E-state index is -0.174. The van der Waals surface area contributed by atoms with Crippen LogP contribution in [0.2, 0.25) is 0 Å². The summed E-state index contributed by atoms with van der Waals surface area (Å²) in [5.41, 5.74) is 1.04. The van der Waals surface area contributed by atoms with E-state index in [0.717, 1.165) is 22.2 Å². The van der Waals surface area contributed by atoms with Gasteiger partial charge in [-0.3, -0.25) is 0 Å². The summed E-state index contributed by atoms with van der Waals surface area (Å²) in [6.45, 7) is 3.28. The molecule has 2 atom stereocenters. The molecular formula is C12H16FIN2. The van der Waals surface area contributed by atoms with Crippen molar-refractivity contribution in [1.29, 1.82) is 0 Å². The Bertz CT molecular complexity index is 373. The van der Waals surface area contributed by atoms with E-state index < -0.39 is 0 Å². The third-order valence-corrected chi connectivity index (χ3v) is 4.07. The highest BCUT2D eigenvalue weighted by Gasteiger charge is 2.26. The van der Waals surface area contributed by atoms with E-state index in [9.17, 15) is 4.39 Å². The first-order valence-electron chi connectivity index (χ1n) is 5.48. The van der Waals surface area contributed by atoms with Crippen LogP contribution >= 0.6 is 22.6 Å². The van der Waals surface area contributed by atoms with Crippen LogP contribution < -0.4 is 5.32 Å². The molecule has 1 aromatic carbocycles. The molecule has 2 rings (SSSR count). The lowest BCUT2D eigenvalue weighted by Crippen LogP contribution is -2.25. The second-order valence-corrected chi connectivity index (χ2v) is 5.65. The van der Waals surface area contributed by atoms with Crippen molar-refractivity contribution in [2.45, 2.75) is 25.4 Å². The quantitative estimate of drug-likeness (QED) is 0.837. The molecule has 4 heteroatoms. The Kier molecular flexibility index (Phi) is 3.69. The third-order valence-electron chi connectivity index (χ3n) is 3.18. The molecule has 1 aliphatic rings. The number of hydrogen-bond acceptors (Lipinski definition) is 2. The van der Waals surface area contributed by atoms with Crippen molar-refractivity contribution in [3.05, 3.63) is 27.6 Å². The van der Waals surface area contributed by atoms with Gasteiger partial charge in [-0.25, -0.2) is 4.39 Å². The van der Waals surface area contributed by atoms with Gasteiger partial charge in [0.25, 0.3) is 0 Å². The van der Waals surface area contributed by atoms with Gasteiger partial charge >= 0.3 is 0 Å².